The van der Waals surface area contributed by atoms with Crippen LogP contribution in [-0.4, -0.2) is 34.5 Å². The SMILES string of the molecule is COc1cc(OC)c(NC(=O)c2nn(-c3ccccc3)c(=O)n(C)c2=O)cc1Cl. The van der Waals surface area contributed by atoms with Crippen molar-refractivity contribution in [3.05, 3.63) is 74.0 Å². The van der Waals surface area contributed by atoms with Crippen molar-refractivity contribution < 1.29 is 14.3 Å². The summed E-state index contributed by atoms with van der Waals surface area (Å²) in [6.07, 6.45) is 0. The van der Waals surface area contributed by atoms with E-state index in [9.17, 15) is 14.4 Å². The predicted molar refractivity (Wildman–Crippen MR) is 108 cm³/mol. The van der Waals surface area contributed by atoms with E-state index in [4.69, 9.17) is 21.1 Å². The van der Waals surface area contributed by atoms with Gasteiger partial charge < -0.3 is 14.8 Å². The number of ether oxygens (including phenoxy) is 2. The summed E-state index contributed by atoms with van der Waals surface area (Å²) in [6.45, 7) is 0. The van der Waals surface area contributed by atoms with Gasteiger partial charge in [0.2, 0.25) is 5.69 Å². The van der Waals surface area contributed by atoms with Gasteiger partial charge in [-0.15, -0.1) is 0 Å². The van der Waals surface area contributed by atoms with Gasteiger partial charge in [-0.1, -0.05) is 29.8 Å². The van der Waals surface area contributed by atoms with Crippen LogP contribution in [-0.2, 0) is 7.05 Å². The fourth-order valence-corrected chi connectivity index (χ4v) is 2.83. The number of amides is 1. The first kappa shape index (κ1) is 20.2. The summed E-state index contributed by atoms with van der Waals surface area (Å²) in [5.41, 5.74) is -1.36. The highest BCUT2D eigenvalue weighted by Crippen LogP contribution is 2.35. The van der Waals surface area contributed by atoms with Crippen molar-refractivity contribution in [2.75, 3.05) is 19.5 Å². The monoisotopic (exact) mass is 416 g/mol. The van der Waals surface area contributed by atoms with Gasteiger partial charge in [0.15, 0.2) is 0 Å². The number of nitrogens with one attached hydrogen (secondary N) is 1. The smallest absolute Gasteiger partial charge is 0.351 e. The highest BCUT2D eigenvalue weighted by atomic mass is 35.5. The molecule has 0 atom stereocenters. The number of nitrogens with zero attached hydrogens (tertiary/aromatic N) is 3. The third kappa shape index (κ3) is 3.85. The Kier molecular flexibility index (Phi) is 5.69. The second kappa shape index (κ2) is 8.19. The highest BCUT2D eigenvalue weighted by Gasteiger charge is 2.21. The lowest BCUT2D eigenvalue weighted by Gasteiger charge is -2.13. The zero-order valence-electron chi connectivity index (χ0n) is 15.8. The van der Waals surface area contributed by atoms with Gasteiger partial charge in [-0.25, -0.2) is 4.79 Å². The van der Waals surface area contributed by atoms with Gasteiger partial charge in [0.25, 0.3) is 11.5 Å². The second-order valence-electron chi connectivity index (χ2n) is 5.88. The standard InChI is InChI=1S/C19H17ClN4O5/c1-23-18(26)16(22-24(19(23)27)11-7-5-4-6-8-11)17(25)21-13-9-12(20)14(28-2)10-15(13)29-3/h4-10H,1-3H3,(H,21,25). The number of benzene rings is 2. The van der Waals surface area contributed by atoms with Crippen LogP contribution in [0, 0.1) is 0 Å². The number of hydrogen-bond acceptors (Lipinski definition) is 6. The molecule has 0 spiro atoms. The van der Waals surface area contributed by atoms with Crippen LogP contribution in [0.5, 0.6) is 11.5 Å². The van der Waals surface area contributed by atoms with Gasteiger partial charge >= 0.3 is 5.69 Å². The van der Waals surface area contributed by atoms with Crippen LogP contribution >= 0.6 is 11.6 Å². The molecule has 0 saturated carbocycles. The van der Waals surface area contributed by atoms with Crippen LogP contribution in [0.3, 0.4) is 0 Å². The lowest BCUT2D eigenvalue weighted by atomic mass is 10.2. The third-order valence-corrected chi connectivity index (χ3v) is 4.41. The second-order valence-corrected chi connectivity index (χ2v) is 6.29. The molecule has 10 heteroatoms. The molecule has 3 rings (SSSR count). The van der Waals surface area contributed by atoms with E-state index in [1.807, 2.05) is 0 Å². The van der Waals surface area contributed by atoms with Gasteiger partial charge in [0.1, 0.15) is 11.5 Å². The zero-order valence-corrected chi connectivity index (χ0v) is 16.6. The molecule has 1 N–H and O–H groups in total. The van der Waals surface area contributed by atoms with Crippen molar-refractivity contribution in [3.8, 4) is 17.2 Å². The minimum Gasteiger partial charge on any atom is -0.495 e. The molecule has 3 aromatic rings. The Bertz CT molecular complexity index is 1190. The lowest BCUT2D eigenvalue weighted by Crippen LogP contribution is -2.43. The van der Waals surface area contributed by atoms with Gasteiger partial charge in [-0.3, -0.25) is 14.2 Å². The normalized spacial score (nSPS) is 10.5. The summed E-state index contributed by atoms with van der Waals surface area (Å²) in [7, 11) is 4.12. The fourth-order valence-electron chi connectivity index (χ4n) is 2.59. The van der Waals surface area contributed by atoms with Crippen LogP contribution in [0.4, 0.5) is 5.69 Å². The number of rotatable bonds is 5. The quantitative estimate of drug-likeness (QED) is 0.680. The van der Waals surface area contributed by atoms with Crippen LogP contribution in [0.15, 0.2) is 52.1 Å². The van der Waals surface area contributed by atoms with Gasteiger partial charge in [-0.05, 0) is 18.2 Å². The molecule has 1 aromatic heterocycles. The number of halogens is 1. The molecule has 29 heavy (non-hydrogen) atoms. The number of para-hydroxylation sites is 1. The van der Waals surface area contributed by atoms with Crippen molar-refractivity contribution >= 4 is 23.2 Å². The van der Waals surface area contributed by atoms with Crippen LogP contribution in [0.25, 0.3) is 5.69 Å². The molecule has 0 fully saturated rings. The first-order chi connectivity index (χ1) is 13.9. The van der Waals surface area contributed by atoms with Crippen LogP contribution in [0.1, 0.15) is 10.5 Å². The Balaban J connectivity index is 2.07. The highest BCUT2D eigenvalue weighted by molar-refractivity contribution is 6.32. The minimum absolute atomic E-state index is 0.213. The largest absolute Gasteiger partial charge is 0.495 e. The number of hydrogen-bond donors (Lipinski definition) is 1. The molecule has 0 saturated heterocycles. The van der Waals surface area contributed by atoms with E-state index < -0.39 is 22.9 Å². The first-order valence-corrected chi connectivity index (χ1v) is 8.73. The molecule has 0 bridgehead atoms. The number of methoxy groups -OCH3 is 2. The molecular formula is C19H17ClN4O5. The van der Waals surface area contributed by atoms with Gasteiger partial charge in [0, 0.05) is 13.1 Å². The lowest BCUT2D eigenvalue weighted by molar-refractivity contribution is 0.101. The molecule has 0 unspecified atom stereocenters. The summed E-state index contributed by atoms with van der Waals surface area (Å²) in [5, 5.41) is 6.75. The van der Waals surface area contributed by atoms with E-state index in [0.717, 1.165) is 9.25 Å². The fraction of sp³-hybridized carbons (Fsp3) is 0.158. The Morgan fingerprint density at radius 3 is 2.34 bits per heavy atom. The Morgan fingerprint density at radius 2 is 1.72 bits per heavy atom. The number of carbonyl (C=O) groups is 1. The molecule has 0 aliphatic carbocycles. The average Bonchev–Trinajstić information content (AvgIpc) is 2.73. The third-order valence-electron chi connectivity index (χ3n) is 4.11. The topological polar surface area (TPSA) is 104 Å². The Hall–Kier alpha value is -3.59. The molecule has 1 heterocycles. The summed E-state index contributed by atoms with van der Waals surface area (Å²) in [4.78, 5) is 37.7. The van der Waals surface area contributed by atoms with Crippen LogP contribution < -0.4 is 26.0 Å². The minimum atomic E-state index is -0.835. The number of carbonyl (C=O) groups excluding carboxylic acids is 1. The zero-order chi connectivity index (χ0) is 21.1. The molecule has 0 aliphatic rings. The first-order valence-electron chi connectivity index (χ1n) is 8.36. The van der Waals surface area contributed by atoms with Crippen LogP contribution in [0.2, 0.25) is 5.02 Å². The Morgan fingerprint density at radius 1 is 1.07 bits per heavy atom. The van der Waals surface area contributed by atoms with Crippen molar-refractivity contribution in [2.45, 2.75) is 0 Å². The van der Waals surface area contributed by atoms with E-state index in [1.165, 1.54) is 33.4 Å². The van der Waals surface area contributed by atoms with Crippen molar-refractivity contribution in [3.63, 3.8) is 0 Å². The summed E-state index contributed by atoms with van der Waals surface area (Å²) < 4.78 is 12.1. The maximum Gasteiger partial charge on any atom is 0.351 e. The number of anilines is 1. The average molecular weight is 417 g/mol. The van der Waals surface area contributed by atoms with Gasteiger partial charge in [-0.2, -0.15) is 9.78 Å². The van der Waals surface area contributed by atoms with E-state index in [-0.39, 0.29) is 16.5 Å². The molecule has 0 radical (unpaired) electrons. The molecule has 0 aliphatic heterocycles. The Labute approximate surface area is 170 Å². The van der Waals surface area contributed by atoms with E-state index in [2.05, 4.69) is 10.4 Å². The molecule has 150 valence electrons. The molecule has 2 aromatic carbocycles. The maximum atomic E-state index is 12.8. The summed E-state index contributed by atoms with van der Waals surface area (Å²) in [5.74, 6) is -0.198. The maximum absolute atomic E-state index is 12.8. The van der Waals surface area contributed by atoms with Crippen molar-refractivity contribution in [1.29, 1.82) is 0 Å². The molecular weight excluding hydrogens is 400 g/mol. The molecule has 1 amide bonds. The molecule has 9 nitrogen and oxygen atoms in total. The van der Waals surface area contributed by atoms with Crippen molar-refractivity contribution in [1.82, 2.24) is 14.3 Å². The van der Waals surface area contributed by atoms with Gasteiger partial charge in [0.05, 0.1) is 30.6 Å². The van der Waals surface area contributed by atoms with E-state index >= 15 is 0 Å². The summed E-state index contributed by atoms with van der Waals surface area (Å²) in [6, 6.07) is 11.4. The van der Waals surface area contributed by atoms with Crippen molar-refractivity contribution in [2.24, 2.45) is 7.05 Å². The summed E-state index contributed by atoms with van der Waals surface area (Å²) >= 11 is 6.11. The number of aromatic nitrogens is 3. The predicted octanol–water partition coefficient (Wildman–Crippen LogP) is 1.85. The van der Waals surface area contributed by atoms with E-state index in [1.54, 1.807) is 30.3 Å². The van der Waals surface area contributed by atoms with E-state index in [0.29, 0.717) is 11.4 Å².